The lowest BCUT2D eigenvalue weighted by Crippen LogP contribution is -2.22. The second-order valence-corrected chi connectivity index (χ2v) is 6.59. The first-order chi connectivity index (χ1) is 9.50. The topological polar surface area (TPSA) is 47.0 Å². The zero-order valence-corrected chi connectivity index (χ0v) is 13.2. The fraction of sp³-hybridized carbons (Fsp3) is 0.750. The van der Waals surface area contributed by atoms with Gasteiger partial charge in [-0.25, -0.2) is 9.97 Å². The van der Waals surface area contributed by atoms with Crippen LogP contribution in [0.25, 0.3) is 0 Å². The molecule has 1 fully saturated rings. The molecule has 112 valence electrons. The molecule has 0 radical (unpaired) electrons. The quantitative estimate of drug-likeness (QED) is 0.915. The molecule has 1 aromatic heterocycles. The van der Waals surface area contributed by atoms with Crippen LogP contribution in [-0.2, 0) is 10.2 Å². The van der Waals surface area contributed by atoms with Crippen LogP contribution in [0.2, 0.25) is 0 Å². The molecule has 0 amide bonds. The Hall–Kier alpha value is -1.16. The van der Waals surface area contributed by atoms with Crippen LogP contribution in [0.5, 0.6) is 0 Å². The summed E-state index contributed by atoms with van der Waals surface area (Å²) < 4.78 is 5.58. The minimum absolute atomic E-state index is 0.0376. The molecule has 1 aromatic rings. The molecule has 1 atom stereocenters. The Labute approximate surface area is 122 Å². The van der Waals surface area contributed by atoms with Gasteiger partial charge in [0.2, 0.25) is 0 Å². The van der Waals surface area contributed by atoms with Crippen molar-refractivity contribution in [1.82, 2.24) is 9.97 Å². The molecule has 1 aliphatic heterocycles. The molecular formula is C16H27N3O. The number of hydrogen-bond acceptors (Lipinski definition) is 4. The number of rotatable bonds is 4. The van der Waals surface area contributed by atoms with Crippen LogP contribution < -0.4 is 5.32 Å². The fourth-order valence-electron chi connectivity index (χ4n) is 2.32. The fourth-order valence-corrected chi connectivity index (χ4v) is 2.32. The van der Waals surface area contributed by atoms with Crippen LogP contribution in [0.3, 0.4) is 0 Å². The summed E-state index contributed by atoms with van der Waals surface area (Å²) in [5, 5.41) is 3.39. The Bertz CT molecular complexity index is 434. The zero-order chi connectivity index (χ0) is 14.6. The van der Waals surface area contributed by atoms with Crippen molar-refractivity contribution >= 4 is 5.82 Å². The molecule has 0 spiro atoms. The molecule has 2 rings (SSSR count). The van der Waals surface area contributed by atoms with Gasteiger partial charge in [-0.3, -0.25) is 0 Å². The number of nitrogens with zero attached hydrogens (tertiary/aromatic N) is 2. The maximum Gasteiger partial charge on any atom is 0.136 e. The van der Waals surface area contributed by atoms with Crippen LogP contribution in [0.1, 0.15) is 64.4 Å². The van der Waals surface area contributed by atoms with E-state index in [0.29, 0.717) is 5.92 Å². The summed E-state index contributed by atoms with van der Waals surface area (Å²) >= 11 is 0. The molecule has 1 aliphatic rings. The van der Waals surface area contributed by atoms with E-state index in [-0.39, 0.29) is 5.41 Å². The van der Waals surface area contributed by atoms with Gasteiger partial charge in [-0.15, -0.1) is 0 Å². The molecule has 1 unspecified atom stereocenters. The first-order valence-corrected chi connectivity index (χ1v) is 7.71. The third kappa shape index (κ3) is 3.92. The first kappa shape index (κ1) is 15.2. The monoisotopic (exact) mass is 277 g/mol. The molecule has 1 saturated heterocycles. The average molecular weight is 277 g/mol. The lowest BCUT2D eigenvalue weighted by molar-refractivity contribution is 0.0779. The van der Waals surface area contributed by atoms with E-state index in [1.165, 1.54) is 0 Å². The van der Waals surface area contributed by atoms with Gasteiger partial charge in [0.15, 0.2) is 0 Å². The normalized spacial score (nSPS) is 19.9. The highest BCUT2D eigenvalue weighted by atomic mass is 16.5. The van der Waals surface area contributed by atoms with Gasteiger partial charge in [0.25, 0.3) is 0 Å². The Morgan fingerprint density at radius 1 is 1.35 bits per heavy atom. The van der Waals surface area contributed by atoms with E-state index in [1.54, 1.807) is 0 Å². The van der Waals surface area contributed by atoms with Crippen molar-refractivity contribution in [3.63, 3.8) is 0 Å². The van der Waals surface area contributed by atoms with Crippen LogP contribution >= 0.6 is 0 Å². The summed E-state index contributed by atoms with van der Waals surface area (Å²) in [4.78, 5) is 9.51. The summed E-state index contributed by atoms with van der Waals surface area (Å²) in [5.74, 6) is 2.23. The second-order valence-electron chi connectivity index (χ2n) is 6.59. The van der Waals surface area contributed by atoms with E-state index in [9.17, 15) is 0 Å². The number of nitrogens with one attached hydrogen (secondary N) is 1. The molecule has 1 N–H and O–H groups in total. The van der Waals surface area contributed by atoms with E-state index >= 15 is 0 Å². The van der Waals surface area contributed by atoms with E-state index in [1.807, 2.05) is 0 Å². The summed E-state index contributed by atoms with van der Waals surface area (Å²) in [7, 11) is 0. The molecule has 0 aromatic carbocycles. The van der Waals surface area contributed by atoms with E-state index in [2.05, 4.69) is 39.1 Å². The van der Waals surface area contributed by atoms with Crippen molar-refractivity contribution in [3.8, 4) is 0 Å². The average Bonchev–Trinajstić information content (AvgIpc) is 2.45. The van der Waals surface area contributed by atoms with Crippen LogP contribution in [0.15, 0.2) is 6.07 Å². The molecular weight excluding hydrogens is 250 g/mol. The minimum Gasteiger partial charge on any atom is -0.381 e. The van der Waals surface area contributed by atoms with Crippen molar-refractivity contribution in [2.75, 3.05) is 25.1 Å². The first-order valence-electron chi connectivity index (χ1n) is 7.71. The standard InChI is InChI=1S/C16H27N3O/c1-5-8-17-14-10-13(16(2,3)4)18-15(19-14)12-7-6-9-20-11-12/h10,12H,5-9,11H2,1-4H3,(H,17,18,19). The second kappa shape index (κ2) is 6.53. The van der Waals surface area contributed by atoms with Gasteiger partial charge in [-0.2, -0.15) is 0 Å². The SMILES string of the molecule is CCCNc1cc(C(C)(C)C)nc(C2CCCOC2)n1. The van der Waals surface area contributed by atoms with Gasteiger partial charge < -0.3 is 10.1 Å². The number of hydrogen-bond donors (Lipinski definition) is 1. The Morgan fingerprint density at radius 3 is 2.75 bits per heavy atom. The molecule has 0 aliphatic carbocycles. The predicted octanol–water partition coefficient (Wildman–Crippen LogP) is 3.49. The van der Waals surface area contributed by atoms with Crippen molar-refractivity contribution < 1.29 is 4.74 Å². The highest BCUT2D eigenvalue weighted by Crippen LogP contribution is 2.28. The van der Waals surface area contributed by atoms with Gasteiger partial charge in [0.05, 0.1) is 12.3 Å². The number of anilines is 1. The maximum absolute atomic E-state index is 5.58. The van der Waals surface area contributed by atoms with E-state index in [4.69, 9.17) is 14.7 Å². The van der Waals surface area contributed by atoms with Gasteiger partial charge in [-0.1, -0.05) is 27.7 Å². The number of aromatic nitrogens is 2. The van der Waals surface area contributed by atoms with Crippen molar-refractivity contribution in [2.45, 2.75) is 58.3 Å². The Balaban J connectivity index is 2.29. The van der Waals surface area contributed by atoms with Gasteiger partial charge in [-0.05, 0) is 19.3 Å². The molecule has 2 heterocycles. The molecule has 4 nitrogen and oxygen atoms in total. The minimum atomic E-state index is 0.0376. The third-order valence-corrected chi connectivity index (χ3v) is 3.59. The molecule has 0 saturated carbocycles. The summed E-state index contributed by atoms with van der Waals surface area (Å²) in [5.41, 5.74) is 1.14. The van der Waals surface area contributed by atoms with Crippen molar-refractivity contribution in [2.24, 2.45) is 0 Å². The van der Waals surface area contributed by atoms with Crippen molar-refractivity contribution in [1.29, 1.82) is 0 Å². The lowest BCUT2D eigenvalue weighted by atomic mass is 9.91. The lowest BCUT2D eigenvalue weighted by Gasteiger charge is -2.24. The van der Waals surface area contributed by atoms with Crippen LogP contribution in [0, 0.1) is 0 Å². The van der Waals surface area contributed by atoms with E-state index in [0.717, 1.165) is 56.4 Å². The Morgan fingerprint density at radius 2 is 2.15 bits per heavy atom. The molecule has 4 heteroatoms. The summed E-state index contributed by atoms with van der Waals surface area (Å²) in [6.45, 7) is 11.3. The largest absolute Gasteiger partial charge is 0.381 e. The number of ether oxygens (including phenoxy) is 1. The summed E-state index contributed by atoms with van der Waals surface area (Å²) in [6, 6.07) is 2.09. The molecule has 20 heavy (non-hydrogen) atoms. The highest BCUT2D eigenvalue weighted by molar-refractivity contribution is 5.38. The molecule has 0 bridgehead atoms. The highest BCUT2D eigenvalue weighted by Gasteiger charge is 2.23. The van der Waals surface area contributed by atoms with Crippen LogP contribution in [0.4, 0.5) is 5.82 Å². The van der Waals surface area contributed by atoms with Crippen molar-refractivity contribution in [3.05, 3.63) is 17.6 Å². The smallest absolute Gasteiger partial charge is 0.136 e. The van der Waals surface area contributed by atoms with Crippen LogP contribution in [-0.4, -0.2) is 29.7 Å². The maximum atomic E-state index is 5.58. The van der Waals surface area contributed by atoms with Gasteiger partial charge in [0, 0.05) is 30.6 Å². The van der Waals surface area contributed by atoms with Gasteiger partial charge >= 0.3 is 0 Å². The van der Waals surface area contributed by atoms with E-state index < -0.39 is 0 Å². The third-order valence-electron chi connectivity index (χ3n) is 3.59. The predicted molar refractivity (Wildman–Crippen MR) is 82.3 cm³/mol. The van der Waals surface area contributed by atoms with Gasteiger partial charge in [0.1, 0.15) is 11.6 Å². The summed E-state index contributed by atoms with van der Waals surface area (Å²) in [6.07, 6.45) is 3.32. The Kier molecular flexibility index (Phi) is 4.97. The zero-order valence-electron chi connectivity index (χ0n) is 13.2.